The van der Waals surface area contributed by atoms with E-state index in [1.807, 2.05) is 0 Å². The van der Waals surface area contributed by atoms with E-state index in [2.05, 4.69) is 15.9 Å². The average Bonchev–Trinajstić information content (AvgIpc) is 3.25. The fraction of sp³-hybridized carbons (Fsp3) is 0.458. The molecule has 0 spiro atoms. The van der Waals surface area contributed by atoms with Gasteiger partial charge in [0.25, 0.3) is 5.56 Å². The number of halogens is 2. The SMILES string of the molecule is C#CCn1c(=O)c2[nH]c(CCc3c(Cl)cccc3Cl)nc2n(CCCCP(=O)(OCC)OCC)c1=O. The number of nitrogens with one attached hydrogen (secondary N) is 1. The third-order valence-corrected chi connectivity index (χ3v) is 8.42. The monoisotopic (exact) mass is 554 g/mol. The third kappa shape index (κ3) is 6.50. The van der Waals surface area contributed by atoms with E-state index in [1.54, 1.807) is 32.0 Å². The molecule has 0 saturated carbocycles. The van der Waals surface area contributed by atoms with Crippen LogP contribution in [-0.4, -0.2) is 38.5 Å². The van der Waals surface area contributed by atoms with Gasteiger partial charge in [-0.25, -0.2) is 14.3 Å². The molecule has 12 heteroatoms. The molecular formula is C24H29Cl2N4O5P. The molecule has 9 nitrogen and oxygen atoms in total. The van der Waals surface area contributed by atoms with Crippen molar-refractivity contribution in [2.45, 2.75) is 52.6 Å². The zero-order valence-electron chi connectivity index (χ0n) is 20.3. The van der Waals surface area contributed by atoms with Gasteiger partial charge in [-0.2, -0.15) is 0 Å². The smallest absolute Gasteiger partial charge is 0.333 e. The molecule has 0 aliphatic rings. The number of benzene rings is 1. The molecule has 0 saturated heterocycles. The van der Waals surface area contributed by atoms with Gasteiger partial charge in [-0.1, -0.05) is 35.2 Å². The fourth-order valence-electron chi connectivity index (χ4n) is 3.91. The highest BCUT2D eigenvalue weighted by Crippen LogP contribution is 2.48. The standard InChI is InChI=1S/C24H29Cl2N4O5P/c1-4-14-30-23(31)21-22(28-20(27-21)13-12-17-18(25)10-9-11-19(17)26)29(24(30)32)15-7-8-16-36(33,34-5-2)35-6-3/h1,9-11H,5-8,12-16H2,2-3H3,(H,27,28). The van der Waals surface area contributed by atoms with E-state index in [1.165, 1.54) is 4.57 Å². The van der Waals surface area contributed by atoms with Crippen molar-refractivity contribution in [2.75, 3.05) is 19.4 Å². The Bertz CT molecular complexity index is 1390. The number of H-pyrrole nitrogens is 1. The van der Waals surface area contributed by atoms with Gasteiger partial charge in [0.15, 0.2) is 5.65 Å². The molecule has 0 unspecified atom stereocenters. The van der Waals surface area contributed by atoms with Crippen molar-refractivity contribution < 1.29 is 13.6 Å². The van der Waals surface area contributed by atoms with Crippen molar-refractivity contribution in [3.8, 4) is 12.3 Å². The zero-order valence-corrected chi connectivity index (χ0v) is 22.7. The first-order valence-electron chi connectivity index (χ1n) is 11.7. The van der Waals surface area contributed by atoms with E-state index in [0.717, 1.165) is 10.1 Å². The van der Waals surface area contributed by atoms with E-state index >= 15 is 0 Å². The molecular weight excluding hydrogens is 526 g/mol. The van der Waals surface area contributed by atoms with Gasteiger partial charge < -0.3 is 14.0 Å². The third-order valence-electron chi connectivity index (χ3n) is 5.55. The summed E-state index contributed by atoms with van der Waals surface area (Å²) in [6.07, 6.45) is 7.51. The summed E-state index contributed by atoms with van der Waals surface area (Å²) in [5, 5.41) is 1.09. The second-order valence-corrected chi connectivity index (χ2v) is 11.0. The molecule has 0 fully saturated rings. The Morgan fingerprint density at radius 1 is 1.08 bits per heavy atom. The van der Waals surface area contributed by atoms with Crippen LogP contribution in [0, 0.1) is 12.3 Å². The minimum Gasteiger partial charge on any atom is -0.336 e. The first-order valence-corrected chi connectivity index (χ1v) is 14.2. The molecule has 0 amide bonds. The molecule has 1 aromatic carbocycles. The number of nitrogens with zero attached hydrogens (tertiary/aromatic N) is 3. The summed E-state index contributed by atoms with van der Waals surface area (Å²) in [5.74, 6) is 2.87. The van der Waals surface area contributed by atoms with E-state index in [-0.39, 0.29) is 43.6 Å². The number of aromatic amines is 1. The van der Waals surface area contributed by atoms with Crippen LogP contribution in [0.4, 0.5) is 0 Å². The maximum Gasteiger partial charge on any atom is 0.333 e. The number of hydrogen-bond donors (Lipinski definition) is 1. The van der Waals surface area contributed by atoms with E-state index in [0.29, 0.717) is 41.6 Å². The van der Waals surface area contributed by atoms with Crippen molar-refractivity contribution in [2.24, 2.45) is 0 Å². The first-order chi connectivity index (χ1) is 17.2. The molecule has 194 valence electrons. The van der Waals surface area contributed by atoms with E-state index < -0.39 is 18.8 Å². The Morgan fingerprint density at radius 3 is 2.36 bits per heavy atom. The molecule has 0 radical (unpaired) electrons. The highest BCUT2D eigenvalue weighted by molar-refractivity contribution is 7.53. The molecule has 0 bridgehead atoms. The number of hydrogen-bond acceptors (Lipinski definition) is 6. The van der Waals surface area contributed by atoms with Gasteiger partial charge in [-0.15, -0.1) is 6.42 Å². The molecule has 2 heterocycles. The predicted octanol–water partition coefficient (Wildman–Crippen LogP) is 4.66. The van der Waals surface area contributed by atoms with Gasteiger partial charge in [0.05, 0.1) is 25.9 Å². The van der Waals surface area contributed by atoms with Gasteiger partial charge in [0, 0.05) is 23.0 Å². The normalized spacial score (nSPS) is 11.8. The summed E-state index contributed by atoms with van der Waals surface area (Å²) in [7, 11) is -3.18. The van der Waals surface area contributed by atoms with Crippen LogP contribution in [0.1, 0.15) is 38.1 Å². The number of imidazole rings is 1. The van der Waals surface area contributed by atoms with Gasteiger partial charge >= 0.3 is 13.3 Å². The van der Waals surface area contributed by atoms with Gasteiger partial charge in [0.2, 0.25) is 0 Å². The second-order valence-electron chi connectivity index (χ2n) is 7.99. The van der Waals surface area contributed by atoms with Crippen LogP contribution >= 0.6 is 30.8 Å². The summed E-state index contributed by atoms with van der Waals surface area (Å²) in [4.78, 5) is 33.7. The maximum absolute atomic E-state index is 13.1. The molecule has 0 aliphatic carbocycles. The first kappa shape index (κ1) is 28.2. The summed E-state index contributed by atoms with van der Waals surface area (Å²) in [6, 6.07) is 5.28. The van der Waals surface area contributed by atoms with E-state index in [4.69, 9.17) is 38.7 Å². The lowest BCUT2D eigenvalue weighted by atomic mass is 10.1. The highest BCUT2D eigenvalue weighted by atomic mass is 35.5. The molecule has 3 rings (SSSR count). The number of aromatic nitrogens is 4. The molecule has 0 aliphatic heterocycles. The van der Waals surface area contributed by atoms with Crippen LogP contribution in [0.25, 0.3) is 11.2 Å². The summed E-state index contributed by atoms with van der Waals surface area (Å²) in [6.45, 7) is 4.16. The van der Waals surface area contributed by atoms with Crippen molar-refractivity contribution in [1.82, 2.24) is 19.1 Å². The van der Waals surface area contributed by atoms with E-state index in [9.17, 15) is 14.2 Å². The average molecular weight is 555 g/mol. The highest BCUT2D eigenvalue weighted by Gasteiger charge is 2.23. The summed E-state index contributed by atoms with van der Waals surface area (Å²) >= 11 is 12.5. The number of rotatable bonds is 13. The minimum absolute atomic E-state index is 0.166. The molecule has 2 aromatic heterocycles. The molecule has 0 atom stereocenters. The number of terminal acetylenes is 1. The van der Waals surface area contributed by atoms with Crippen molar-refractivity contribution >= 4 is 42.0 Å². The Hall–Kier alpha value is -2.34. The van der Waals surface area contributed by atoms with Crippen LogP contribution < -0.4 is 11.2 Å². The fourth-order valence-corrected chi connectivity index (χ4v) is 6.23. The van der Waals surface area contributed by atoms with Crippen LogP contribution in [0.5, 0.6) is 0 Å². The lowest BCUT2D eigenvalue weighted by Crippen LogP contribution is -2.40. The van der Waals surface area contributed by atoms with Crippen LogP contribution in [0.3, 0.4) is 0 Å². The lowest BCUT2D eigenvalue weighted by Gasteiger charge is -2.17. The zero-order chi connectivity index (χ0) is 26.3. The van der Waals surface area contributed by atoms with Crippen LogP contribution in [0.2, 0.25) is 10.0 Å². The van der Waals surface area contributed by atoms with Crippen LogP contribution in [0.15, 0.2) is 27.8 Å². The van der Waals surface area contributed by atoms with Crippen molar-refractivity contribution in [3.63, 3.8) is 0 Å². The van der Waals surface area contributed by atoms with Gasteiger partial charge in [-0.3, -0.25) is 13.9 Å². The van der Waals surface area contributed by atoms with Crippen LogP contribution in [-0.2, 0) is 39.5 Å². The Kier molecular flexibility index (Phi) is 10.0. The molecule has 36 heavy (non-hydrogen) atoms. The van der Waals surface area contributed by atoms with Crippen molar-refractivity contribution in [1.29, 1.82) is 0 Å². The predicted molar refractivity (Wildman–Crippen MR) is 142 cm³/mol. The molecule has 1 N–H and O–H groups in total. The number of aryl methyl sites for hydroxylation is 2. The topological polar surface area (TPSA) is 108 Å². The second kappa shape index (κ2) is 12.8. The van der Waals surface area contributed by atoms with Gasteiger partial charge in [-0.05, 0) is 50.8 Å². The molecule has 3 aromatic rings. The quantitative estimate of drug-likeness (QED) is 0.187. The van der Waals surface area contributed by atoms with Crippen molar-refractivity contribution in [3.05, 3.63) is 60.5 Å². The Morgan fingerprint density at radius 2 is 1.75 bits per heavy atom. The summed E-state index contributed by atoms with van der Waals surface area (Å²) in [5.41, 5.74) is 0.138. The minimum atomic E-state index is -3.18. The van der Waals surface area contributed by atoms with Gasteiger partial charge in [0.1, 0.15) is 11.3 Å². The largest absolute Gasteiger partial charge is 0.336 e. The lowest BCUT2D eigenvalue weighted by molar-refractivity contribution is 0.219. The maximum atomic E-state index is 13.1. The summed E-state index contributed by atoms with van der Waals surface area (Å²) < 4.78 is 25.8. The number of unbranched alkanes of at least 4 members (excludes halogenated alkanes) is 1. The Labute approximate surface area is 219 Å². The Balaban J connectivity index is 1.88. The number of fused-ring (bicyclic) bond motifs is 1.